The molecule has 1 heterocycles. The van der Waals surface area contributed by atoms with Crippen molar-refractivity contribution >= 4 is 34.5 Å². The molecule has 0 radical (unpaired) electrons. The lowest BCUT2D eigenvalue weighted by Gasteiger charge is -2.11. The third-order valence-corrected chi connectivity index (χ3v) is 3.85. The molecule has 1 aromatic carbocycles. The Balaban J connectivity index is 2.31. The molecule has 0 saturated heterocycles. The largest absolute Gasteiger partial charge is 0.320 e. The molecule has 0 saturated carbocycles. The second kappa shape index (κ2) is 5.08. The van der Waals surface area contributed by atoms with Crippen molar-refractivity contribution in [1.29, 1.82) is 0 Å². The van der Waals surface area contributed by atoms with Crippen LogP contribution in [0.4, 0.5) is 5.69 Å². The Morgan fingerprint density at radius 3 is 2.61 bits per heavy atom. The zero-order valence-corrected chi connectivity index (χ0v) is 11.9. The number of halogens is 1. The molecule has 3 nitrogen and oxygen atoms in total. The van der Waals surface area contributed by atoms with Crippen LogP contribution in [-0.2, 0) is 0 Å². The summed E-state index contributed by atoms with van der Waals surface area (Å²) < 4.78 is 0. The van der Waals surface area contributed by atoms with Gasteiger partial charge < -0.3 is 5.32 Å². The van der Waals surface area contributed by atoms with E-state index in [0.29, 0.717) is 15.6 Å². The molecule has 94 valence electrons. The number of anilines is 1. The zero-order valence-electron chi connectivity index (χ0n) is 10.4. The van der Waals surface area contributed by atoms with Gasteiger partial charge in [-0.25, -0.2) is 4.98 Å². The highest BCUT2D eigenvalue weighted by Gasteiger charge is 2.14. The summed E-state index contributed by atoms with van der Waals surface area (Å²) in [6.07, 6.45) is 0. The SMILES string of the molecule is Cc1cc(C)c(NC(=O)c2scnc2C)c(Cl)c1. The number of hydrogen-bond donors (Lipinski definition) is 1. The fourth-order valence-corrected chi connectivity index (χ4v) is 2.83. The Labute approximate surface area is 115 Å². The number of carbonyl (C=O) groups is 1. The quantitative estimate of drug-likeness (QED) is 0.904. The van der Waals surface area contributed by atoms with Gasteiger partial charge in [-0.15, -0.1) is 11.3 Å². The molecule has 2 rings (SSSR count). The second-order valence-electron chi connectivity index (χ2n) is 4.16. The fraction of sp³-hybridized carbons (Fsp3) is 0.231. The van der Waals surface area contributed by atoms with Gasteiger partial charge in [0.1, 0.15) is 4.88 Å². The number of thiazole rings is 1. The van der Waals surface area contributed by atoms with Gasteiger partial charge in [-0.05, 0) is 38.0 Å². The number of hydrogen-bond acceptors (Lipinski definition) is 3. The normalized spacial score (nSPS) is 10.4. The van der Waals surface area contributed by atoms with Crippen LogP contribution in [0.2, 0.25) is 5.02 Å². The molecule has 18 heavy (non-hydrogen) atoms. The smallest absolute Gasteiger partial charge is 0.267 e. The molecule has 0 aliphatic carbocycles. The van der Waals surface area contributed by atoms with Gasteiger partial charge in [0.15, 0.2) is 0 Å². The van der Waals surface area contributed by atoms with E-state index in [-0.39, 0.29) is 5.91 Å². The summed E-state index contributed by atoms with van der Waals surface area (Å²) in [4.78, 5) is 16.8. The number of amides is 1. The first kappa shape index (κ1) is 13.1. The van der Waals surface area contributed by atoms with E-state index in [0.717, 1.165) is 16.8 Å². The summed E-state index contributed by atoms with van der Waals surface area (Å²) in [6, 6.07) is 3.82. The van der Waals surface area contributed by atoms with E-state index < -0.39 is 0 Å². The van der Waals surface area contributed by atoms with Crippen LogP contribution in [0.25, 0.3) is 0 Å². The third kappa shape index (κ3) is 2.54. The first-order valence-electron chi connectivity index (χ1n) is 5.47. The molecule has 1 amide bonds. The van der Waals surface area contributed by atoms with Crippen molar-refractivity contribution in [2.75, 3.05) is 5.32 Å². The van der Waals surface area contributed by atoms with E-state index >= 15 is 0 Å². The molecule has 0 spiro atoms. The number of rotatable bonds is 2. The number of nitrogens with one attached hydrogen (secondary N) is 1. The van der Waals surface area contributed by atoms with Crippen LogP contribution >= 0.6 is 22.9 Å². The van der Waals surface area contributed by atoms with Crippen molar-refractivity contribution in [3.63, 3.8) is 0 Å². The first-order valence-corrected chi connectivity index (χ1v) is 6.73. The highest BCUT2D eigenvalue weighted by atomic mass is 35.5. The molecule has 2 aromatic rings. The fourth-order valence-electron chi connectivity index (χ4n) is 1.76. The predicted molar refractivity (Wildman–Crippen MR) is 75.7 cm³/mol. The van der Waals surface area contributed by atoms with Crippen molar-refractivity contribution in [2.24, 2.45) is 0 Å². The van der Waals surface area contributed by atoms with Gasteiger partial charge in [0.2, 0.25) is 0 Å². The van der Waals surface area contributed by atoms with E-state index in [1.165, 1.54) is 11.3 Å². The number of benzene rings is 1. The monoisotopic (exact) mass is 280 g/mol. The van der Waals surface area contributed by atoms with E-state index in [1.807, 2.05) is 32.9 Å². The minimum absolute atomic E-state index is 0.163. The van der Waals surface area contributed by atoms with E-state index in [9.17, 15) is 4.79 Å². The first-order chi connectivity index (χ1) is 8.49. The van der Waals surface area contributed by atoms with Gasteiger partial charge in [0, 0.05) is 0 Å². The highest BCUT2D eigenvalue weighted by Crippen LogP contribution is 2.28. The van der Waals surface area contributed by atoms with Gasteiger partial charge in [-0.2, -0.15) is 0 Å². The molecule has 0 aliphatic rings. The van der Waals surface area contributed by atoms with Crippen LogP contribution in [0, 0.1) is 20.8 Å². The van der Waals surface area contributed by atoms with Crippen LogP contribution in [0.1, 0.15) is 26.5 Å². The minimum Gasteiger partial charge on any atom is -0.320 e. The standard InChI is InChI=1S/C13H13ClN2OS/c1-7-4-8(2)11(10(14)5-7)16-13(17)12-9(3)15-6-18-12/h4-6H,1-3H3,(H,16,17). The van der Waals surface area contributed by atoms with E-state index in [1.54, 1.807) is 5.51 Å². The van der Waals surface area contributed by atoms with Crippen LogP contribution < -0.4 is 5.32 Å². The molecule has 1 N–H and O–H groups in total. The summed E-state index contributed by atoms with van der Waals surface area (Å²) >= 11 is 7.48. The minimum atomic E-state index is -0.163. The lowest BCUT2D eigenvalue weighted by Crippen LogP contribution is -2.13. The summed E-state index contributed by atoms with van der Waals surface area (Å²) in [5.41, 5.74) is 5.09. The molecule has 0 atom stereocenters. The van der Waals surface area contributed by atoms with Gasteiger partial charge in [-0.1, -0.05) is 17.7 Å². The van der Waals surface area contributed by atoms with Crippen molar-refractivity contribution in [3.8, 4) is 0 Å². The molecule has 1 aromatic heterocycles. The lowest BCUT2D eigenvalue weighted by atomic mass is 10.1. The van der Waals surface area contributed by atoms with Crippen molar-refractivity contribution < 1.29 is 4.79 Å². The Kier molecular flexibility index (Phi) is 3.68. The van der Waals surface area contributed by atoms with Crippen molar-refractivity contribution in [1.82, 2.24) is 4.98 Å². The average Bonchev–Trinajstić information content (AvgIpc) is 2.69. The van der Waals surface area contributed by atoms with Crippen molar-refractivity contribution in [2.45, 2.75) is 20.8 Å². The summed E-state index contributed by atoms with van der Waals surface area (Å²) in [5, 5.41) is 3.41. The Morgan fingerprint density at radius 1 is 1.33 bits per heavy atom. The Bertz CT molecular complexity index is 584. The number of aryl methyl sites for hydroxylation is 3. The topological polar surface area (TPSA) is 42.0 Å². The maximum absolute atomic E-state index is 12.1. The summed E-state index contributed by atoms with van der Waals surface area (Å²) in [7, 11) is 0. The maximum Gasteiger partial charge on any atom is 0.267 e. The third-order valence-electron chi connectivity index (χ3n) is 2.62. The molecular formula is C13H13ClN2OS. The van der Waals surface area contributed by atoms with E-state index in [2.05, 4.69) is 10.3 Å². The summed E-state index contributed by atoms with van der Waals surface area (Å²) in [5.74, 6) is -0.163. The van der Waals surface area contributed by atoms with Crippen LogP contribution in [0.3, 0.4) is 0 Å². The molecule has 0 bridgehead atoms. The van der Waals surface area contributed by atoms with Gasteiger partial charge in [0.05, 0.1) is 21.9 Å². The molecule has 0 fully saturated rings. The Morgan fingerprint density at radius 2 is 2.06 bits per heavy atom. The predicted octanol–water partition coefficient (Wildman–Crippen LogP) is 3.97. The average molecular weight is 281 g/mol. The van der Waals surface area contributed by atoms with Crippen molar-refractivity contribution in [3.05, 3.63) is 44.4 Å². The van der Waals surface area contributed by atoms with Crippen LogP contribution in [-0.4, -0.2) is 10.9 Å². The van der Waals surface area contributed by atoms with Crippen LogP contribution in [0.15, 0.2) is 17.6 Å². The molecule has 5 heteroatoms. The van der Waals surface area contributed by atoms with E-state index in [4.69, 9.17) is 11.6 Å². The highest BCUT2D eigenvalue weighted by molar-refractivity contribution is 7.12. The zero-order chi connectivity index (χ0) is 13.3. The summed E-state index contributed by atoms with van der Waals surface area (Å²) in [6.45, 7) is 5.71. The van der Waals surface area contributed by atoms with Crippen LogP contribution in [0.5, 0.6) is 0 Å². The second-order valence-corrected chi connectivity index (χ2v) is 5.42. The number of carbonyl (C=O) groups excluding carboxylic acids is 1. The molecule has 0 unspecified atom stereocenters. The molecule has 0 aliphatic heterocycles. The van der Waals surface area contributed by atoms with Gasteiger partial charge in [-0.3, -0.25) is 4.79 Å². The number of nitrogens with zero attached hydrogens (tertiary/aromatic N) is 1. The van der Waals surface area contributed by atoms with Gasteiger partial charge >= 0.3 is 0 Å². The lowest BCUT2D eigenvalue weighted by molar-refractivity contribution is 0.102. The molecular weight excluding hydrogens is 268 g/mol. The van der Waals surface area contributed by atoms with Gasteiger partial charge in [0.25, 0.3) is 5.91 Å². The maximum atomic E-state index is 12.1. The number of aromatic nitrogens is 1. The Hall–Kier alpha value is -1.39.